The lowest BCUT2D eigenvalue weighted by atomic mass is 9.85. The van der Waals surface area contributed by atoms with Crippen molar-refractivity contribution >= 4 is 17.0 Å². The maximum absolute atomic E-state index is 5.15. The Hall–Kier alpha value is -5.47. The first-order chi connectivity index (χ1) is 20.9. The molecular formula is C40H30N2. The molecule has 0 saturated carbocycles. The van der Waals surface area contributed by atoms with Gasteiger partial charge in [-0.3, -0.25) is 0 Å². The van der Waals surface area contributed by atoms with Gasteiger partial charge in [-0.25, -0.2) is 4.68 Å². The Labute approximate surface area is 246 Å². The predicted molar refractivity (Wildman–Crippen MR) is 176 cm³/mol. The first-order valence-corrected chi connectivity index (χ1v) is 14.4. The molecule has 0 atom stereocenters. The predicted octanol–water partition coefficient (Wildman–Crippen LogP) is 10.0. The average molecular weight is 539 g/mol. The van der Waals surface area contributed by atoms with Gasteiger partial charge in [0.15, 0.2) is 0 Å². The van der Waals surface area contributed by atoms with Crippen molar-refractivity contribution < 1.29 is 0 Å². The van der Waals surface area contributed by atoms with Crippen LogP contribution in [0.2, 0.25) is 0 Å². The molecule has 2 nitrogen and oxygen atoms in total. The third kappa shape index (κ3) is 4.95. The summed E-state index contributed by atoms with van der Waals surface area (Å²) in [5, 5.41) is 7.52. The number of hydrogen-bond donors (Lipinski definition) is 0. The smallest absolute Gasteiger partial charge is 0.0804 e. The zero-order chi connectivity index (χ0) is 28.1. The summed E-state index contributed by atoms with van der Waals surface area (Å²) in [4.78, 5) is 0. The highest BCUT2D eigenvalue weighted by Crippen LogP contribution is 2.39. The van der Waals surface area contributed by atoms with Gasteiger partial charge in [0.1, 0.15) is 0 Å². The molecule has 0 unspecified atom stereocenters. The van der Waals surface area contributed by atoms with Gasteiger partial charge in [0.05, 0.1) is 17.6 Å². The maximum Gasteiger partial charge on any atom is 0.0804 e. The quantitative estimate of drug-likeness (QED) is 0.142. The van der Waals surface area contributed by atoms with Gasteiger partial charge in [-0.2, -0.15) is 5.10 Å². The minimum atomic E-state index is 0.169. The van der Waals surface area contributed by atoms with Crippen molar-refractivity contribution in [2.24, 2.45) is 5.10 Å². The number of aromatic nitrogens is 1. The zero-order valence-electron chi connectivity index (χ0n) is 23.2. The molecule has 0 amide bonds. The van der Waals surface area contributed by atoms with Gasteiger partial charge in [-0.15, -0.1) is 0 Å². The van der Waals surface area contributed by atoms with E-state index in [1.807, 2.05) is 6.21 Å². The highest BCUT2D eigenvalue weighted by molar-refractivity contribution is 6.05. The van der Waals surface area contributed by atoms with Crippen LogP contribution >= 0.6 is 0 Å². The van der Waals surface area contributed by atoms with Gasteiger partial charge in [-0.1, -0.05) is 170 Å². The highest BCUT2D eigenvalue weighted by Gasteiger charge is 2.19. The van der Waals surface area contributed by atoms with Crippen LogP contribution in [0.15, 0.2) is 175 Å². The molecule has 0 aliphatic rings. The van der Waals surface area contributed by atoms with Crippen molar-refractivity contribution in [3.05, 3.63) is 192 Å². The van der Waals surface area contributed by atoms with Crippen LogP contribution in [-0.2, 0) is 0 Å². The van der Waals surface area contributed by atoms with Crippen molar-refractivity contribution in [2.75, 3.05) is 0 Å². The molecule has 0 fully saturated rings. The summed E-state index contributed by atoms with van der Waals surface area (Å²) < 4.78 is 2.11. The summed E-state index contributed by atoms with van der Waals surface area (Å²) in [6.07, 6.45) is 1.97. The van der Waals surface area contributed by atoms with Crippen LogP contribution in [-0.4, -0.2) is 10.9 Å². The fourth-order valence-electron chi connectivity index (χ4n) is 5.87. The Balaban J connectivity index is 1.33. The Bertz CT molecular complexity index is 1820. The van der Waals surface area contributed by atoms with E-state index in [4.69, 9.17) is 5.10 Å². The molecule has 7 rings (SSSR count). The Morgan fingerprint density at radius 1 is 0.405 bits per heavy atom. The van der Waals surface area contributed by atoms with Crippen molar-refractivity contribution in [2.45, 2.75) is 5.92 Å². The van der Waals surface area contributed by atoms with Crippen LogP contribution in [0, 0.1) is 0 Å². The van der Waals surface area contributed by atoms with Crippen molar-refractivity contribution in [1.29, 1.82) is 0 Å². The van der Waals surface area contributed by atoms with Crippen LogP contribution in [0.3, 0.4) is 0 Å². The molecule has 0 aliphatic carbocycles. The van der Waals surface area contributed by atoms with Gasteiger partial charge >= 0.3 is 0 Å². The van der Waals surface area contributed by atoms with Gasteiger partial charge < -0.3 is 0 Å². The third-order valence-electron chi connectivity index (χ3n) is 7.81. The molecule has 1 aromatic heterocycles. The minimum absolute atomic E-state index is 0.169. The minimum Gasteiger partial charge on any atom is -0.231 e. The lowest BCUT2D eigenvalue weighted by Crippen LogP contribution is -2.03. The van der Waals surface area contributed by atoms with Crippen LogP contribution in [0.1, 0.15) is 28.2 Å². The first kappa shape index (κ1) is 25.5. The number of benzene rings is 6. The Kier molecular flexibility index (Phi) is 7.02. The molecular weight excluding hydrogens is 508 g/mol. The molecule has 0 spiro atoms. The van der Waals surface area contributed by atoms with E-state index >= 15 is 0 Å². The van der Waals surface area contributed by atoms with E-state index in [9.17, 15) is 0 Å². The van der Waals surface area contributed by atoms with E-state index in [-0.39, 0.29) is 5.92 Å². The molecule has 2 heteroatoms. The van der Waals surface area contributed by atoms with Gasteiger partial charge in [0, 0.05) is 27.8 Å². The van der Waals surface area contributed by atoms with Gasteiger partial charge in [0.2, 0.25) is 0 Å². The molecule has 0 N–H and O–H groups in total. The van der Waals surface area contributed by atoms with Crippen LogP contribution in [0.4, 0.5) is 0 Å². The molecule has 0 aliphatic heterocycles. The fourth-order valence-corrected chi connectivity index (χ4v) is 5.87. The summed E-state index contributed by atoms with van der Waals surface area (Å²) in [6, 6.07) is 59.9. The summed E-state index contributed by atoms with van der Waals surface area (Å²) in [5.74, 6) is 0.169. The lowest BCUT2D eigenvalue weighted by molar-refractivity contribution is 0.917. The second-order valence-electron chi connectivity index (χ2n) is 10.5. The molecule has 0 radical (unpaired) electrons. The average Bonchev–Trinajstić information content (AvgIpc) is 3.40. The van der Waals surface area contributed by atoms with Crippen molar-refractivity contribution in [1.82, 2.24) is 4.68 Å². The van der Waals surface area contributed by atoms with Crippen LogP contribution in [0.25, 0.3) is 33.3 Å². The highest BCUT2D eigenvalue weighted by atomic mass is 15.4. The number of hydrogen-bond acceptors (Lipinski definition) is 1. The van der Waals surface area contributed by atoms with E-state index in [2.05, 4.69) is 175 Å². The second kappa shape index (κ2) is 11.6. The van der Waals surface area contributed by atoms with Gasteiger partial charge in [0.25, 0.3) is 0 Å². The summed E-state index contributed by atoms with van der Waals surface area (Å²) >= 11 is 0. The van der Waals surface area contributed by atoms with Crippen molar-refractivity contribution in [3.8, 4) is 22.5 Å². The normalized spacial score (nSPS) is 11.5. The monoisotopic (exact) mass is 538 g/mol. The van der Waals surface area contributed by atoms with E-state index in [0.717, 1.165) is 28.1 Å². The number of fused-ring (bicyclic) bond motifs is 1. The summed E-state index contributed by atoms with van der Waals surface area (Å²) in [5.41, 5.74) is 9.32. The van der Waals surface area contributed by atoms with Crippen molar-refractivity contribution in [3.63, 3.8) is 0 Å². The van der Waals surface area contributed by atoms with E-state index in [1.54, 1.807) is 0 Å². The third-order valence-corrected chi connectivity index (χ3v) is 7.81. The van der Waals surface area contributed by atoms with E-state index in [0.29, 0.717) is 0 Å². The second-order valence-corrected chi connectivity index (χ2v) is 10.5. The van der Waals surface area contributed by atoms with Crippen LogP contribution in [0.5, 0.6) is 0 Å². The standard InChI is InChI=1S/C40H30N2/c1-5-15-31(16-6-1)38(32-17-7-2-8-18-32)33-27-25-30(26-28-33)29-41-42-39(34-19-9-3-10-20-34)36-23-13-14-24-37(36)40(42)35-21-11-4-12-22-35/h1-29,38H. The molecule has 0 bridgehead atoms. The van der Waals surface area contributed by atoms with E-state index < -0.39 is 0 Å². The molecule has 0 saturated heterocycles. The first-order valence-electron chi connectivity index (χ1n) is 14.4. The number of rotatable bonds is 7. The Morgan fingerprint density at radius 2 is 0.786 bits per heavy atom. The largest absolute Gasteiger partial charge is 0.231 e. The molecule has 7 aromatic rings. The van der Waals surface area contributed by atoms with Gasteiger partial charge in [-0.05, 0) is 22.3 Å². The van der Waals surface area contributed by atoms with Crippen LogP contribution < -0.4 is 0 Å². The lowest BCUT2D eigenvalue weighted by Gasteiger charge is -2.19. The molecule has 42 heavy (non-hydrogen) atoms. The molecule has 6 aromatic carbocycles. The van der Waals surface area contributed by atoms with E-state index in [1.165, 1.54) is 27.5 Å². The Morgan fingerprint density at radius 3 is 1.24 bits per heavy atom. The number of nitrogens with zero attached hydrogens (tertiary/aromatic N) is 2. The summed E-state index contributed by atoms with van der Waals surface area (Å²) in [7, 11) is 0. The SMILES string of the molecule is C(=Nn1c(-c2ccccc2)c2ccccc2c1-c1ccccc1)c1ccc(C(c2ccccc2)c2ccccc2)cc1. The molecule has 200 valence electrons. The maximum atomic E-state index is 5.15. The fraction of sp³-hybridized carbons (Fsp3) is 0.0250. The topological polar surface area (TPSA) is 17.3 Å². The molecule has 1 heterocycles. The zero-order valence-corrected chi connectivity index (χ0v) is 23.2. The summed E-state index contributed by atoms with van der Waals surface area (Å²) in [6.45, 7) is 0.